The minimum Gasteiger partial charge on any atom is -0.490 e. The van der Waals surface area contributed by atoms with Gasteiger partial charge in [-0.3, -0.25) is 0 Å². The zero-order valence-corrected chi connectivity index (χ0v) is 12.5. The van der Waals surface area contributed by atoms with Crippen molar-refractivity contribution in [1.82, 2.24) is 0 Å². The monoisotopic (exact) mass is 281 g/mol. The van der Waals surface area contributed by atoms with Crippen LogP contribution in [0.1, 0.15) is 32.3 Å². The van der Waals surface area contributed by atoms with Crippen LogP contribution in [-0.2, 0) is 4.74 Å². The number of para-hydroxylation sites is 1. The predicted octanol–water partition coefficient (Wildman–Crippen LogP) is 3.15. The molecular weight excluding hydrogens is 258 g/mol. The third kappa shape index (κ3) is 6.03. The van der Waals surface area contributed by atoms with Gasteiger partial charge in [0.25, 0.3) is 0 Å². The Bertz CT molecular complexity index is 395. The average molecular weight is 281 g/mol. The molecule has 0 aliphatic rings. The van der Waals surface area contributed by atoms with Crippen molar-refractivity contribution in [3.05, 3.63) is 29.8 Å². The maximum absolute atomic E-state index is 5.65. The molecule has 19 heavy (non-hydrogen) atoms. The van der Waals surface area contributed by atoms with Gasteiger partial charge in [-0.05, 0) is 24.5 Å². The van der Waals surface area contributed by atoms with Crippen LogP contribution in [0, 0.1) is 5.92 Å². The van der Waals surface area contributed by atoms with Gasteiger partial charge < -0.3 is 15.2 Å². The summed E-state index contributed by atoms with van der Waals surface area (Å²) in [6, 6.07) is 7.53. The van der Waals surface area contributed by atoms with E-state index in [0.717, 1.165) is 17.9 Å². The first-order valence-electron chi connectivity index (χ1n) is 6.74. The van der Waals surface area contributed by atoms with Gasteiger partial charge in [0.15, 0.2) is 0 Å². The summed E-state index contributed by atoms with van der Waals surface area (Å²) in [5.41, 5.74) is 6.41. The molecule has 1 aromatic rings. The number of benzene rings is 1. The fourth-order valence-corrected chi connectivity index (χ4v) is 2.04. The summed E-state index contributed by atoms with van der Waals surface area (Å²) in [5.74, 6) is 1.33. The molecule has 0 aliphatic carbocycles. The van der Waals surface area contributed by atoms with E-state index in [4.69, 9.17) is 27.4 Å². The van der Waals surface area contributed by atoms with E-state index in [1.807, 2.05) is 24.3 Å². The first-order chi connectivity index (χ1) is 9.15. The van der Waals surface area contributed by atoms with E-state index in [1.54, 1.807) is 0 Å². The molecule has 4 heteroatoms. The highest BCUT2D eigenvalue weighted by Crippen LogP contribution is 2.17. The second-order valence-corrected chi connectivity index (χ2v) is 5.12. The lowest BCUT2D eigenvalue weighted by Gasteiger charge is -2.13. The number of nitrogens with two attached hydrogens (primary N) is 1. The fourth-order valence-electron chi connectivity index (χ4n) is 1.87. The maximum atomic E-state index is 5.65. The summed E-state index contributed by atoms with van der Waals surface area (Å²) in [7, 11) is 0. The second kappa shape index (κ2) is 8.88. The van der Waals surface area contributed by atoms with E-state index in [2.05, 4.69) is 13.8 Å². The number of ether oxygens (including phenoxy) is 2. The Morgan fingerprint density at radius 2 is 2.05 bits per heavy atom. The van der Waals surface area contributed by atoms with Gasteiger partial charge in [-0.1, -0.05) is 44.6 Å². The normalized spacial score (nSPS) is 12.1. The lowest BCUT2D eigenvalue weighted by atomic mass is 10.1. The van der Waals surface area contributed by atoms with Gasteiger partial charge in [0.2, 0.25) is 0 Å². The Hall–Kier alpha value is -1.13. The minimum atomic E-state index is 0.355. The fraction of sp³-hybridized carbons (Fsp3) is 0.533. The van der Waals surface area contributed by atoms with E-state index < -0.39 is 0 Å². The van der Waals surface area contributed by atoms with Crippen LogP contribution in [0.5, 0.6) is 5.75 Å². The van der Waals surface area contributed by atoms with Gasteiger partial charge in [-0.2, -0.15) is 0 Å². The molecule has 0 radical (unpaired) electrons. The van der Waals surface area contributed by atoms with Gasteiger partial charge in [0.05, 0.1) is 12.2 Å². The van der Waals surface area contributed by atoms with Crippen molar-refractivity contribution in [3.63, 3.8) is 0 Å². The molecular formula is C15H23NO2S. The Kier molecular flexibility index (Phi) is 7.45. The smallest absolute Gasteiger partial charge is 0.129 e. The average Bonchev–Trinajstić information content (AvgIpc) is 2.39. The largest absolute Gasteiger partial charge is 0.490 e. The van der Waals surface area contributed by atoms with Crippen molar-refractivity contribution in [2.24, 2.45) is 11.7 Å². The summed E-state index contributed by atoms with van der Waals surface area (Å²) < 4.78 is 11.2. The molecule has 106 valence electrons. The highest BCUT2D eigenvalue weighted by Gasteiger charge is 2.05. The molecule has 1 rings (SSSR count). The maximum Gasteiger partial charge on any atom is 0.129 e. The number of hydrogen-bond acceptors (Lipinski definition) is 3. The molecule has 0 spiro atoms. The van der Waals surface area contributed by atoms with Crippen molar-refractivity contribution in [2.45, 2.75) is 26.7 Å². The lowest BCUT2D eigenvalue weighted by Crippen LogP contribution is -2.15. The Morgan fingerprint density at radius 1 is 1.32 bits per heavy atom. The van der Waals surface area contributed by atoms with E-state index in [9.17, 15) is 0 Å². The molecule has 3 nitrogen and oxygen atoms in total. The molecule has 0 saturated carbocycles. The molecule has 1 aromatic carbocycles. The summed E-state index contributed by atoms with van der Waals surface area (Å²) in [6.07, 6.45) is 2.40. The summed E-state index contributed by atoms with van der Waals surface area (Å²) in [4.78, 5) is 0.355. The highest BCUT2D eigenvalue weighted by molar-refractivity contribution is 7.80. The van der Waals surface area contributed by atoms with Gasteiger partial charge in [-0.15, -0.1) is 0 Å². The molecule has 2 N–H and O–H groups in total. The molecule has 0 aliphatic heterocycles. The first kappa shape index (κ1) is 15.9. The predicted molar refractivity (Wildman–Crippen MR) is 82.7 cm³/mol. The summed E-state index contributed by atoms with van der Waals surface area (Å²) in [6.45, 7) is 6.27. The van der Waals surface area contributed by atoms with Crippen molar-refractivity contribution in [3.8, 4) is 5.75 Å². The van der Waals surface area contributed by atoms with Gasteiger partial charge in [-0.25, -0.2) is 0 Å². The molecule has 0 aromatic heterocycles. The number of thiocarbonyl (C=S) groups is 1. The van der Waals surface area contributed by atoms with Crippen LogP contribution in [0.3, 0.4) is 0 Å². The van der Waals surface area contributed by atoms with Crippen LogP contribution < -0.4 is 10.5 Å². The Balaban J connectivity index is 2.28. The Labute approximate surface area is 121 Å². The second-order valence-electron chi connectivity index (χ2n) is 4.68. The van der Waals surface area contributed by atoms with Crippen molar-refractivity contribution < 1.29 is 9.47 Å². The van der Waals surface area contributed by atoms with E-state index in [-0.39, 0.29) is 0 Å². The van der Waals surface area contributed by atoms with Crippen LogP contribution in [0.15, 0.2) is 24.3 Å². The zero-order chi connectivity index (χ0) is 14.1. The lowest BCUT2D eigenvalue weighted by molar-refractivity contribution is 0.0758. The van der Waals surface area contributed by atoms with E-state index in [1.165, 1.54) is 12.8 Å². The zero-order valence-electron chi connectivity index (χ0n) is 11.7. The van der Waals surface area contributed by atoms with Crippen LogP contribution in [0.4, 0.5) is 0 Å². The number of rotatable bonds is 9. The molecule has 0 saturated heterocycles. The highest BCUT2D eigenvalue weighted by atomic mass is 32.1. The SMILES string of the molecule is CCCC(C)COCCOc1ccccc1C(N)=S. The van der Waals surface area contributed by atoms with Crippen molar-refractivity contribution >= 4 is 17.2 Å². The van der Waals surface area contributed by atoms with Crippen molar-refractivity contribution in [2.75, 3.05) is 19.8 Å². The third-order valence-corrected chi connectivity index (χ3v) is 3.04. The van der Waals surface area contributed by atoms with E-state index >= 15 is 0 Å². The van der Waals surface area contributed by atoms with Crippen LogP contribution in [0.25, 0.3) is 0 Å². The van der Waals surface area contributed by atoms with Crippen LogP contribution in [0.2, 0.25) is 0 Å². The first-order valence-corrected chi connectivity index (χ1v) is 7.15. The quantitative estimate of drug-likeness (QED) is 0.558. The van der Waals surface area contributed by atoms with Gasteiger partial charge in [0.1, 0.15) is 17.3 Å². The molecule has 0 bridgehead atoms. The van der Waals surface area contributed by atoms with E-state index in [0.29, 0.717) is 24.1 Å². The van der Waals surface area contributed by atoms with Gasteiger partial charge >= 0.3 is 0 Å². The molecule has 0 fully saturated rings. The van der Waals surface area contributed by atoms with Gasteiger partial charge in [0, 0.05) is 6.61 Å². The van der Waals surface area contributed by atoms with Crippen LogP contribution >= 0.6 is 12.2 Å². The Morgan fingerprint density at radius 3 is 2.74 bits per heavy atom. The number of hydrogen-bond donors (Lipinski definition) is 1. The standard InChI is InChI=1S/C15H23NO2S/c1-3-6-12(2)11-17-9-10-18-14-8-5-4-7-13(14)15(16)19/h4-5,7-8,12H,3,6,9-11H2,1-2H3,(H2,16,19). The van der Waals surface area contributed by atoms with Crippen LogP contribution in [-0.4, -0.2) is 24.8 Å². The molecule has 0 heterocycles. The molecule has 1 unspecified atom stereocenters. The summed E-state index contributed by atoms with van der Waals surface area (Å²) >= 11 is 4.98. The topological polar surface area (TPSA) is 44.5 Å². The molecule has 1 atom stereocenters. The van der Waals surface area contributed by atoms with Crippen molar-refractivity contribution in [1.29, 1.82) is 0 Å². The molecule has 0 amide bonds. The summed E-state index contributed by atoms with van der Waals surface area (Å²) in [5, 5.41) is 0. The minimum absolute atomic E-state index is 0.355. The third-order valence-electron chi connectivity index (χ3n) is 2.82.